The number of carbonyl (C=O) groups excluding carboxylic acids is 3. The molecule has 0 spiro atoms. The zero-order valence-corrected chi connectivity index (χ0v) is 14.8. The highest BCUT2D eigenvalue weighted by atomic mass is 16.2. The van der Waals surface area contributed by atoms with Crippen molar-refractivity contribution in [3.8, 4) is 0 Å². The van der Waals surface area contributed by atoms with Crippen molar-refractivity contribution >= 4 is 29.1 Å². The van der Waals surface area contributed by atoms with Gasteiger partial charge in [0.15, 0.2) is 0 Å². The molecule has 0 radical (unpaired) electrons. The van der Waals surface area contributed by atoms with E-state index < -0.39 is 11.3 Å². The number of anilines is 2. The Morgan fingerprint density at radius 1 is 1.00 bits per heavy atom. The third-order valence-electron chi connectivity index (χ3n) is 4.76. The molecule has 3 rings (SSSR count). The van der Waals surface area contributed by atoms with Crippen LogP contribution in [0.1, 0.15) is 35.7 Å². The fourth-order valence-electron chi connectivity index (χ4n) is 3.11. The van der Waals surface area contributed by atoms with Crippen LogP contribution in [0.15, 0.2) is 48.5 Å². The van der Waals surface area contributed by atoms with Gasteiger partial charge >= 0.3 is 0 Å². The van der Waals surface area contributed by atoms with Gasteiger partial charge in [-0.1, -0.05) is 12.1 Å². The van der Waals surface area contributed by atoms with Gasteiger partial charge in [0, 0.05) is 30.9 Å². The predicted octanol–water partition coefficient (Wildman–Crippen LogP) is 2.44. The monoisotopic (exact) mass is 351 g/mol. The third-order valence-corrected chi connectivity index (χ3v) is 4.76. The zero-order valence-electron chi connectivity index (χ0n) is 14.8. The second kappa shape index (κ2) is 6.63. The molecule has 6 nitrogen and oxygen atoms in total. The van der Waals surface area contributed by atoms with E-state index in [0.29, 0.717) is 11.3 Å². The highest BCUT2D eigenvalue weighted by Crippen LogP contribution is 2.50. The Morgan fingerprint density at radius 2 is 1.58 bits per heavy atom. The van der Waals surface area contributed by atoms with Gasteiger partial charge in [-0.25, -0.2) is 0 Å². The lowest BCUT2D eigenvalue weighted by molar-refractivity contribution is -0.120. The predicted molar refractivity (Wildman–Crippen MR) is 100 cm³/mol. The molecule has 134 valence electrons. The quantitative estimate of drug-likeness (QED) is 0.866. The van der Waals surface area contributed by atoms with Crippen LogP contribution in [0.3, 0.4) is 0 Å². The Balaban J connectivity index is 1.79. The van der Waals surface area contributed by atoms with Gasteiger partial charge in [-0.2, -0.15) is 0 Å². The maximum atomic E-state index is 13.1. The molecular weight excluding hydrogens is 330 g/mol. The number of hydrogen-bond donors (Lipinski definition) is 2. The highest BCUT2D eigenvalue weighted by Gasteiger charge is 2.52. The number of carbonyl (C=O) groups is 3. The third kappa shape index (κ3) is 3.31. The van der Waals surface area contributed by atoms with E-state index in [0.717, 1.165) is 24.1 Å². The Kier molecular flexibility index (Phi) is 4.50. The fourth-order valence-corrected chi connectivity index (χ4v) is 3.11. The summed E-state index contributed by atoms with van der Waals surface area (Å²) in [6.45, 7) is 1.45. The van der Waals surface area contributed by atoms with E-state index >= 15 is 0 Å². The highest BCUT2D eigenvalue weighted by molar-refractivity contribution is 6.03. The summed E-state index contributed by atoms with van der Waals surface area (Å²) in [5.41, 5.74) is 7.50. The Morgan fingerprint density at radius 3 is 2.04 bits per heavy atom. The Hall–Kier alpha value is -3.15. The van der Waals surface area contributed by atoms with E-state index in [1.54, 1.807) is 60.5 Å². The van der Waals surface area contributed by atoms with Gasteiger partial charge in [0.05, 0.1) is 5.41 Å². The number of amides is 3. The number of nitrogens with one attached hydrogen (secondary N) is 1. The van der Waals surface area contributed by atoms with Crippen LogP contribution >= 0.6 is 0 Å². The molecule has 0 heterocycles. The zero-order chi connectivity index (χ0) is 18.9. The van der Waals surface area contributed by atoms with Crippen molar-refractivity contribution in [1.82, 2.24) is 0 Å². The molecule has 1 fully saturated rings. The molecule has 0 saturated heterocycles. The van der Waals surface area contributed by atoms with Crippen LogP contribution in [0, 0.1) is 0 Å². The summed E-state index contributed by atoms with van der Waals surface area (Å²) in [6.07, 6.45) is 1.55. The molecule has 1 saturated carbocycles. The Labute approximate surface area is 152 Å². The number of benzene rings is 2. The van der Waals surface area contributed by atoms with Gasteiger partial charge in [0.2, 0.25) is 17.7 Å². The summed E-state index contributed by atoms with van der Waals surface area (Å²) < 4.78 is 0. The van der Waals surface area contributed by atoms with Crippen molar-refractivity contribution in [2.24, 2.45) is 5.73 Å². The standard InChI is InChI=1S/C20H21N3O3/c1-13(24)22-16-7-9-17(10-8-16)23(2)19(26)20(11-12-20)15-5-3-14(4-6-15)18(21)25/h3-10H,11-12H2,1-2H3,(H2,21,25)(H,22,24). The van der Waals surface area contributed by atoms with E-state index in [4.69, 9.17) is 5.73 Å². The van der Waals surface area contributed by atoms with Gasteiger partial charge in [-0.15, -0.1) is 0 Å². The molecule has 26 heavy (non-hydrogen) atoms. The van der Waals surface area contributed by atoms with Crippen LogP contribution in [0.5, 0.6) is 0 Å². The maximum absolute atomic E-state index is 13.1. The average molecular weight is 351 g/mol. The second-order valence-corrected chi connectivity index (χ2v) is 6.62. The summed E-state index contributed by atoms with van der Waals surface area (Å²) in [5.74, 6) is -0.612. The molecule has 3 amide bonds. The van der Waals surface area contributed by atoms with Crippen molar-refractivity contribution in [3.63, 3.8) is 0 Å². The lowest BCUT2D eigenvalue weighted by Crippen LogP contribution is -2.36. The molecule has 0 bridgehead atoms. The molecule has 0 unspecified atom stereocenters. The molecule has 0 aromatic heterocycles. The summed E-state index contributed by atoms with van der Waals surface area (Å²) in [4.78, 5) is 37.0. The minimum absolute atomic E-state index is 0.0107. The topological polar surface area (TPSA) is 92.5 Å². The first-order valence-electron chi connectivity index (χ1n) is 8.40. The number of nitrogens with two attached hydrogens (primary N) is 1. The summed E-state index contributed by atoms with van der Waals surface area (Å²) in [7, 11) is 1.74. The van der Waals surface area contributed by atoms with Gasteiger partial charge in [-0.3, -0.25) is 14.4 Å². The minimum atomic E-state index is -0.540. The van der Waals surface area contributed by atoms with Gasteiger partial charge in [0.1, 0.15) is 0 Å². The largest absolute Gasteiger partial charge is 0.366 e. The maximum Gasteiger partial charge on any atom is 0.248 e. The average Bonchev–Trinajstić information content (AvgIpc) is 3.42. The van der Waals surface area contributed by atoms with E-state index in [9.17, 15) is 14.4 Å². The van der Waals surface area contributed by atoms with Crippen LogP contribution in [0.4, 0.5) is 11.4 Å². The van der Waals surface area contributed by atoms with E-state index in [1.807, 2.05) is 0 Å². The van der Waals surface area contributed by atoms with E-state index in [-0.39, 0.29) is 11.8 Å². The number of primary amides is 1. The molecular formula is C20H21N3O3. The van der Waals surface area contributed by atoms with Crippen molar-refractivity contribution in [2.75, 3.05) is 17.3 Å². The summed E-state index contributed by atoms with van der Waals surface area (Å²) in [5, 5.41) is 2.70. The lowest BCUT2D eigenvalue weighted by atomic mass is 9.93. The van der Waals surface area contributed by atoms with Crippen molar-refractivity contribution in [1.29, 1.82) is 0 Å². The van der Waals surface area contributed by atoms with Gasteiger partial charge in [0.25, 0.3) is 0 Å². The van der Waals surface area contributed by atoms with Gasteiger partial charge < -0.3 is 16.0 Å². The van der Waals surface area contributed by atoms with E-state index in [1.165, 1.54) is 6.92 Å². The molecule has 1 aliphatic carbocycles. The molecule has 2 aromatic rings. The molecule has 6 heteroatoms. The first-order valence-corrected chi connectivity index (χ1v) is 8.40. The Bertz CT molecular complexity index is 853. The summed E-state index contributed by atoms with van der Waals surface area (Å²) in [6, 6.07) is 14.1. The SMILES string of the molecule is CC(=O)Nc1ccc(N(C)C(=O)C2(c3ccc(C(N)=O)cc3)CC2)cc1. The number of nitrogens with zero attached hydrogens (tertiary/aromatic N) is 1. The van der Waals surface area contributed by atoms with Crippen LogP contribution in [0.2, 0.25) is 0 Å². The second-order valence-electron chi connectivity index (χ2n) is 6.62. The fraction of sp³-hybridized carbons (Fsp3) is 0.250. The number of rotatable bonds is 5. The lowest BCUT2D eigenvalue weighted by Gasteiger charge is -2.24. The molecule has 0 atom stereocenters. The first-order chi connectivity index (χ1) is 12.3. The minimum Gasteiger partial charge on any atom is -0.366 e. The van der Waals surface area contributed by atoms with Crippen LogP contribution in [-0.4, -0.2) is 24.8 Å². The van der Waals surface area contributed by atoms with Crippen LogP contribution < -0.4 is 16.0 Å². The summed E-state index contributed by atoms with van der Waals surface area (Å²) >= 11 is 0. The van der Waals surface area contributed by atoms with Crippen LogP contribution in [-0.2, 0) is 15.0 Å². The molecule has 1 aliphatic rings. The van der Waals surface area contributed by atoms with Crippen LogP contribution in [0.25, 0.3) is 0 Å². The smallest absolute Gasteiger partial charge is 0.248 e. The normalized spacial score (nSPS) is 14.4. The molecule has 3 N–H and O–H groups in total. The molecule has 0 aliphatic heterocycles. The number of likely N-dealkylation sites (N-methyl/N-ethyl adjacent to an activating group) is 1. The van der Waals surface area contributed by atoms with Crippen molar-refractivity contribution in [3.05, 3.63) is 59.7 Å². The molecule has 2 aromatic carbocycles. The van der Waals surface area contributed by atoms with Gasteiger partial charge in [-0.05, 0) is 54.8 Å². The number of hydrogen-bond acceptors (Lipinski definition) is 3. The van der Waals surface area contributed by atoms with Crippen molar-refractivity contribution < 1.29 is 14.4 Å². The van der Waals surface area contributed by atoms with Crippen molar-refractivity contribution in [2.45, 2.75) is 25.2 Å². The first kappa shape index (κ1) is 17.7. The van der Waals surface area contributed by atoms with E-state index in [2.05, 4.69) is 5.32 Å².